The smallest absolute Gasteiger partial charge is 0.317 e. The van der Waals surface area contributed by atoms with Crippen LogP contribution in [0, 0.1) is 5.92 Å². The number of urea groups is 1. The van der Waals surface area contributed by atoms with Gasteiger partial charge in [-0.1, -0.05) is 0 Å². The molecule has 106 valence electrons. The van der Waals surface area contributed by atoms with E-state index in [-0.39, 0.29) is 17.7 Å². The predicted octanol–water partition coefficient (Wildman–Crippen LogP) is 2.63. The summed E-state index contributed by atoms with van der Waals surface area (Å²) in [5.41, 5.74) is -0.201. The Labute approximate surface area is 111 Å². The minimum absolute atomic E-state index is 0.0220. The van der Waals surface area contributed by atoms with E-state index >= 15 is 0 Å². The van der Waals surface area contributed by atoms with Crippen LogP contribution in [-0.4, -0.2) is 42.8 Å². The maximum atomic E-state index is 12.1. The molecule has 0 heterocycles. The maximum absolute atomic E-state index is 12.1. The summed E-state index contributed by atoms with van der Waals surface area (Å²) in [5, 5.41) is 3.04. The van der Waals surface area contributed by atoms with E-state index < -0.39 is 0 Å². The van der Waals surface area contributed by atoms with Gasteiger partial charge >= 0.3 is 6.03 Å². The highest BCUT2D eigenvalue weighted by atomic mass is 16.5. The first-order chi connectivity index (χ1) is 8.26. The summed E-state index contributed by atoms with van der Waals surface area (Å²) in [5.74, 6) is 0.700. The van der Waals surface area contributed by atoms with E-state index in [1.54, 1.807) is 7.11 Å². The largest absolute Gasteiger partial charge is 0.379 e. The number of ether oxygens (including phenoxy) is 1. The van der Waals surface area contributed by atoms with E-state index in [1.165, 1.54) is 12.8 Å². The number of nitrogens with one attached hydrogen (secondary N) is 1. The van der Waals surface area contributed by atoms with Crippen LogP contribution in [0.4, 0.5) is 4.79 Å². The van der Waals surface area contributed by atoms with Gasteiger partial charge in [0.1, 0.15) is 0 Å². The molecule has 0 radical (unpaired) electrons. The molecule has 1 aliphatic rings. The lowest BCUT2D eigenvalue weighted by atomic mass is 10.00. The molecule has 0 unspecified atom stereocenters. The Bertz CT molecular complexity index is 288. The third-order valence-corrected chi connectivity index (χ3v) is 3.96. The molecule has 0 aliphatic heterocycles. The van der Waals surface area contributed by atoms with Crippen LogP contribution < -0.4 is 5.32 Å². The van der Waals surface area contributed by atoms with E-state index in [0.29, 0.717) is 12.0 Å². The van der Waals surface area contributed by atoms with Gasteiger partial charge in [-0.3, -0.25) is 0 Å². The van der Waals surface area contributed by atoms with Crippen LogP contribution in [-0.2, 0) is 4.74 Å². The maximum Gasteiger partial charge on any atom is 0.317 e. The molecule has 1 saturated carbocycles. The van der Waals surface area contributed by atoms with Crippen molar-refractivity contribution in [3.8, 4) is 0 Å². The number of amides is 2. The van der Waals surface area contributed by atoms with Crippen LogP contribution in [0.3, 0.4) is 0 Å². The minimum Gasteiger partial charge on any atom is -0.379 e. The standard InChI is InChI=1S/C14H28N2O2/c1-10(9-14(3,4)18-6)15-13(17)16(5)11(2)12-7-8-12/h10-12H,7-9H2,1-6H3,(H,15,17)/t10-,11+/m1/s1. The second-order valence-electron chi connectivity index (χ2n) is 6.21. The molecular weight excluding hydrogens is 228 g/mol. The van der Waals surface area contributed by atoms with Crippen molar-refractivity contribution in [2.24, 2.45) is 5.92 Å². The fourth-order valence-electron chi connectivity index (χ4n) is 2.26. The highest BCUT2D eigenvalue weighted by Crippen LogP contribution is 2.34. The number of carbonyl (C=O) groups is 1. The van der Waals surface area contributed by atoms with Gasteiger partial charge in [-0.05, 0) is 52.9 Å². The minimum atomic E-state index is -0.201. The van der Waals surface area contributed by atoms with Crippen molar-refractivity contribution in [2.75, 3.05) is 14.2 Å². The molecule has 1 N–H and O–H groups in total. The summed E-state index contributed by atoms with van der Waals surface area (Å²) in [7, 11) is 3.59. The lowest BCUT2D eigenvalue weighted by Gasteiger charge is -2.30. The SMILES string of the molecule is COC(C)(C)C[C@@H](C)NC(=O)N(C)[C@@H](C)C1CC1. The lowest BCUT2D eigenvalue weighted by molar-refractivity contribution is 0.00909. The van der Waals surface area contributed by atoms with E-state index in [4.69, 9.17) is 4.74 Å². The first-order valence-electron chi connectivity index (χ1n) is 6.85. The van der Waals surface area contributed by atoms with Gasteiger partial charge < -0.3 is 15.0 Å². The van der Waals surface area contributed by atoms with Crippen LogP contribution in [0.15, 0.2) is 0 Å². The van der Waals surface area contributed by atoms with Gasteiger partial charge in [0.2, 0.25) is 0 Å². The molecule has 0 aromatic heterocycles. The molecule has 0 bridgehead atoms. The molecule has 0 aromatic carbocycles. The van der Waals surface area contributed by atoms with Gasteiger partial charge in [0.25, 0.3) is 0 Å². The number of carbonyl (C=O) groups excluding carboxylic acids is 1. The number of hydrogen-bond donors (Lipinski definition) is 1. The quantitative estimate of drug-likeness (QED) is 0.793. The van der Waals surface area contributed by atoms with Crippen molar-refractivity contribution in [3.05, 3.63) is 0 Å². The molecule has 0 saturated heterocycles. The molecule has 0 aromatic rings. The fourth-order valence-corrected chi connectivity index (χ4v) is 2.26. The third kappa shape index (κ3) is 4.48. The Hall–Kier alpha value is -0.770. The van der Waals surface area contributed by atoms with Gasteiger partial charge in [-0.15, -0.1) is 0 Å². The van der Waals surface area contributed by atoms with Crippen LogP contribution in [0.1, 0.15) is 47.0 Å². The Morgan fingerprint density at radius 1 is 1.44 bits per heavy atom. The lowest BCUT2D eigenvalue weighted by Crippen LogP contribution is -2.48. The topological polar surface area (TPSA) is 41.6 Å². The molecule has 0 spiro atoms. The first-order valence-corrected chi connectivity index (χ1v) is 6.85. The van der Waals surface area contributed by atoms with Gasteiger partial charge in [0, 0.05) is 26.2 Å². The van der Waals surface area contributed by atoms with Gasteiger partial charge in [-0.2, -0.15) is 0 Å². The normalized spacial score (nSPS) is 19.2. The zero-order valence-electron chi connectivity index (χ0n) is 12.6. The Morgan fingerprint density at radius 3 is 2.44 bits per heavy atom. The van der Waals surface area contributed by atoms with Crippen LogP contribution >= 0.6 is 0 Å². The fraction of sp³-hybridized carbons (Fsp3) is 0.929. The summed E-state index contributed by atoms with van der Waals surface area (Å²) in [6.07, 6.45) is 3.32. The molecule has 1 aliphatic carbocycles. The van der Waals surface area contributed by atoms with Gasteiger partial charge in [0.05, 0.1) is 5.60 Å². The summed E-state index contributed by atoms with van der Waals surface area (Å²) in [6, 6.07) is 0.475. The Kier molecular flexibility index (Phi) is 5.02. The van der Waals surface area contributed by atoms with Crippen molar-refractivity contribution >= 4 is 6.03 Å². The van der Waals surface area contributed by atoms with E-state index in [2.05, 4.69) is 12.2 Å². The summed E-state index contributed by atoms with van der Waals surface area (Å²) in [6.45, 7) is 8.22. The third-order valence-electron chi connectivity index (χ3n) is 3.96. The average Bonchev–Trinajstić information content (AvgIpc) is 3.09. The molecule has 1 rings (SSSR count). The number of methoxy groups -OCH3 is 1. The first kappa shape index (κ1) is 15.3. The van der Waals surface area contributed by atoms with Gasteiger partial charge in [0.15, 0.2) is 0 Å². The highest BCUT2D eigenvalue weighted by Gasteiger charge is 2.33. The van der Waals surface area contributed by atoms with Crippen molar-refractivity contribution in [1.29, 1.82) is 0 Å². The Balaban J connectivity index is 2.38. The predicted molar refractivity (Wildman–Crippen MR) is 73.6 cm³/mol. The van der Waals surface area contributed by atoms with E-state index in [9.17, 15) is 4.79 Å². The molecule has 4 nitrogen and oxygen atoms in total. The van der Waals surface area contributed by atoms with E-state index in [1.807, 2.05) is 32.7 Å². The highest BCUT2D eigenvalue weighted by molar-refractivity contribution is 5.74. The molecule has 2 atom stereocenters. The van der Waals surface area contributed by atoms with Crippen LogP contribution in [0.2, 0.25) is 0 Å². The number of nitrogens with zero attached hydrogens (tertiary/aromatic N) is 1. The Morgan fingerprint density at radius 2 is 2.00 bits per heavy atom. The van der Waals surface area contributed by atoms with Crippen molar-refractivity contribution in [2.45, 2.75) is 64.6 Å². The molecule has 1 fully saturated rings. The second-order valence-corrected chi connectivity index (χ2v) is 6.21. The molecule has 4 heteroatoms. The van der Waals surface area contributed by atoms with E-state index in [0.717, 1.165) is 6.42 Å². The molecule has 18 heavy (non-hydrogen) atoms. The van der Waals surface area contributed by atoms with Crippen molar-refractivity contribution in [1.82, 2.24) is 10.2 Å². The molecule has 2 amide bonds. The number of rotatable bonds is 6. The zero-order chi connectivity index (χ0) is 13.9. The number of hydrogen-bond acceptors (Lipinski definition) is 2. The van der Waals surface area contributed by atoms with Crippen LogP contribution in [0.5, 0.6) is 0 Å². The van der Waals surface area contributed by atoms with Crippen LogP contribution in [0.25, 0.3) is 0 Å². The average molecular weight is 256 g/mol. The summed E-state index contributed by atoms with van der Waals surface area (Å²) < 4.78 is 5.38. The van der Waals surface area contributed by atoms with Crippen molar-refractivity contribution in [3.63, 3.8) is 0 Å². The second kappa shape index (κ2) is 5.91. The summed E-state index contributed by atoms with van der Waals surface area (Å²) >= 11 is 0. The zero-order valence-corrected chi connectivity index (χ0v) is 12.6. The monoisotopic (exact) mass is 256 g/mol. The van der Waals surface area contributed by atoms with Gasteiger partial charge in [-0.25, -0.2) is 4.79 Å². The molecular formula is C14H28N2O2. The summed E-state index contributed by atoms with van der Waals surface area (Å²) in [4.78, 5) is 13.9. The van der Waals surface area contributed by atoms with Crippen molar-refractivity contribution < 1.29 is 9.53 Å².